The van der Waals surface area contributed by atoms with Crippen LogP contribution in [-0.2, 0) is 95.8 Å². The minimum atomic E-state index is -6.04. The van der Waals surface area contributed by atoms with Gasteiger partial charge in [-0.3, -0.25) is 0 Å². The molecule has 11 aliphatic rings. The molecule has 0 amide bonds. The zero-order valence-electron chi connectivity index (χ0n) is 87.6. The summed E-state index contributed by atoms with van der Waals surface area (Å²) in [4.78, 5) is 19.2. The van der Waals surface area contributed by atoms with E-state index in [0.29, 0.717) is 67.4 Å². The van der Waals surface area contributed by atoms with Gasteiger partial charge in [0.05, 0.1) is 69.5 Å². The number of esters is 1. The van der Waals surface area contributed by atoms with E-state index < -0.39 is 115 Å². The molecule has 0 aliphatic heterocycles. The van der Waals surface area contributed by atoms with E-state index in [9.17, 15) is 92.0 Å². The van der Waals surface area contributed by atoms with Crippen LogP contribution >= 0.6 is 0 Å². The predicted octanol–water partition coefficient (Wildman–Crippen LogP) is 31.9. The predicted molar refractivity (Wildman–Crippen MR) is 566 cm³/mol. The summed E-state index contributed by atoms with van der Waals surface area (Å²) in [5, 5.41) is -5.00. The van der Waals surface area contributed by atoms with Gasteiger partial charge in [0.2, 0.25) is 0 Å². The fourth-order valence-electron chi connectivity index (χ4n) is 25.0. The molecule has 13 nitrogen and oxygen atoms in total. The minimum absolute atomic E-state index is 0.0122. The molecule has 21 rings (SSSR count). The number of carbonyl (C=O) groups is 1. The Kier molecular flexibility index (Phi) is 38.0. The number of hydrogen-bond acceptors (Lipinski definition) is 13. The Bertz CT molecular complexity index is 6350. The van der Waals surface area contributed by atoms with E-state index in [4.69, 9.17) is 9.47 Å². The standard InChI is InChI=1S/C28H32F3S.C24H36O3S.C22H20F3S.C20H17F2O2S.C13H18F2O5S.C13H21FO3S/c1-19-16-22(28(29,30)31)18-25(17-19)32(23-12-8-20(9-13-23)26(2,3)4)24-14-10-21(11-15-24)27(5,6)7;25-28(26,27)24-22(19-12-6-2-7-13-19)16-21(18-10-4-1-5-11-18)17-23(24)20-14-8-3-9-15-20;1-15-4-8-19(9-5-15)26(20-10-6-16(2)7-11-20)21-13-17(3)12-18(14-21)22(23,24)25;1-23-16-5-3-7-18(12-16)25(19-8-4-6-17(13-19)24-2)20-10-14(21)9-15(22)11-20;14-13(15,21(17,18)19)11(16)20-7-12-4-8-1-9(5-12)3-10(2-8)6-12;14-12(18(15,16)17)1-2-13-6-9-3-10(7-13)5-11(4-9)8-13/h8-18H,1-7H3;16-20H,1-15H2,(H,25,26,27);4-14H,1-3H3;3-13H,1-2H3;8-10H,1-7H2,(H,17,18,19);9-12H,1-8H2,(H,15,16,17)/q+1;;2*+1;;/p-3. The molecule has 0 N–H and O–H groups in total. The molecule has 0 radical (unpaired) electrons. The maximum Gasteiger partial charge on any atom is 0.428 e. The molecule has 0 heterocycles. The number of benzene rings is 10. The van der Waals surface area contributed by atoms with Gasteiger partial charge in [-0.2, -0.15) is 35.1 Å². The lowest BCUT2D eigenvalue weighted by Crippen LogP contribution is -2.49. The highest BCUT2D eigenvalue weighted by molar-refractivity contribution is 7.97. The van der Waals surface area contributed by atoms with Crippen molar-refractivity contribution in [3.05, 3.63) is 285 Å². The second kappa shape index (κ2) is 48.7. The van der Waals surface area contributed by atoms with E-state index in [1.54, 1.807) is 28.1 Å². The Morgan fingerprint density at radius 2 is 0.707 bits per heavy atom. The van der Waals surface area contributed by atoms with Crippen molar-refractivity contribution in [3.63, 3.8) is 0 Å². The van der Waals surface area contributed by atoms with Crippen molar-refractivity contribution >= 4 is 69.0 Å². The average Bonchev–Trinajstić information content (AvgIpc) is 0.755. The summed E-state index contributed by atoms with van der Waals surface area (Å²) in [6.45, 7) is 20.2. The molecule has 10 aromatic rings. The molecule has 11 aliphatic carbocycles. The highest BCUT2D eigenvalue weighted by Crippen LogP contribution is 2.63. The summed E-state index contributed by atoms with van der Waals surface area (Å²) in [5.74, 6) is 2.97. The SMILES string of the molecule is COc1cccc([S+](c2cc(F)cc(F)c2)c2cccc(OC)c2)c1.Cc1cc([S+](c2ccc(C(C)(C)C)cc2)c2ccc(C(C)(C)C)cc2)cc(C(F)(F)F)c1.Cc1ccc([S+](c2ccc(C)cc2)c2cc(C)cc(C(F)(F)F)c2)cc1.O=C(OCC12CC3CC(CC(C3)C1)C2)C(F)(F)S(=O)(=O)[O-].O=S(=O)([O-])C(F)CCC12CC3CC(CC(C3)C1)C2.O=S(=O)([O-])c1c(C2CCCCC2)cc(C2CCCCC2)cc1C1CCCCC1. The Morgan fingerprint density at radius 1 is 0.380 bits per heavy atom. The number of carbonyl (C=O) groups excluding carboxylic acids is 1. The fourth-order valence-corrected chi connectivity index (χ4v) is 33.3. The van der Waals surface area contributed by atoms with E-state index in [2.05, 4.69) is 107 Å². The van der Waals surface area contributed by atoms with Crippen molar-refractivity contribution < 1.29 is 106 Å². The van der Waals surface area contributed by atoms with Gasteiger partial charge in [0.1, 0.15) is 43.4 Å². The van der Waals surface area contributed by atoms with Crippen LogP contribution in [-0.4, -0.2) is 76.5 Å². The molecule has 150 heavy (non-hydrogen) atoms. The van der Waals surface area contributed by atoms with Crippen molar-refractivity contribution in [1.29, 1.82) is 0 Å². The van der Waals surface area contributed by atoms with Crippen molar-refractivity contribution in [1.82, 2.24) is 0 Å². The van der Waals surface area contributed by atoms with Gasteiger partial charge in [0.25, 0.3) is 0 Å². The van der Waals surface area contributed by atoms with Crippen LogP contribution in [0.2, 0.25) is 0 Å². The molecule has 0 spiro atoms. The van der Waals surface area contributed by atoms with Crippen LogP contribution in [0.15, 0.2) is 261 Å². The summed E-state index contributed by atoms with van der Waals surface area (Å²) in [6, 6.07) is 64.4. The molecule has 812 valence electrons. The molecule has 11 saturated carbocycles. The summed E-state index contributed by atoms with van der Waals surface area (Å²) in [7, 11) is -14.0. The van der Waals surface area contributed by atoms with Crippen LogP contribution in [0.4, 0.5) is 48.3 Å². The quantitative estimate of drug-likeness (QED) is 0.0252. The van der Waals surface area contributed by atoms with Gasteiger partial charge < -0.3 is 27.9 Å². The zero-order valence-corrected chi connectivity index (χ0v) is 92.5. The van der Waals surface area contributed by atoms with Crippen molar-refractivity contribution in [3.8, 4) is 11.5 Å². The normalized spacial score (nSPS) is 21.7. The van der Waals surface area contributed by atoms with Gasteiger partial charge in [-0.25, -0.2) is 43.2 Å². The zero-order chi connectivity index (χ0) is 109. The van der Waals surface area contributed by atoms with Gasteiger partial charge in [-0.05, 0) is 362 Å². The molecule has 0 saturated heterocycles. The Morgan fingerprint density at radius 3 is 1.03 bits per heavy atom. The highest BCUT2D eigenvalue weighted by Gasteiger charge is 2.55. The largest absolute Gasteiger partial charge is 0.746 e. The van der Waals surface area contributed by atoms with E-state index >= 15 is 0 Å². The lowest BCUT2D eigenvalue weighted by Gasteiger charge is -2.57. The first-order valence-corrected chi connectivity index (χ1v) is 60.4. The second-order valence-electron chi connectivity index (χ2n) is 45.4. The monoisotopic (exact) mass is 2190 g/mol. The molecule has 0 aromatic heterocycles. The molecular weight excluding hydrogens is 2050 g/mol. The summed E-state index contributed by atoms with van der Waals surface area (Å²) >= 11 is 0. The maximum absolute atomic E-state index is 13.8. The summed E-state index contributed by atoms with van der Waals surface area (Å²) in [5.41, 5.74) is 5.48. The fraction of sp³-hybridized carbons (Fsp3) is 0.492. The van der Waals surface area contributed by atoms with Crippen molar-refractivity contribution in [2.75, 3.05) is 20.8 Å². The third-order valence-corrected chi connectivity index (χ3v) is 40.6. The van der Waals surface area contributed by atoms with Gasteiger partial charge in [-0.15, -0.1) is 0 Å². The molecule has 1 unspecified atom stereocenters. The van der Waals surface area contributed by atoms with Crippen LogP contribution in [0.25, 0.3) is 0 Å². The minimum Gasteiger partial charge on any atom is -0.746 e. The molecule has 10 aromatic carbocycles. The third-order valence-electron chi connectivity index (χ3n) is 31.5. The Hall–Kier alpha value is -8.72. The first-order valence-electron chi connectivity index (χ1n) is 52.4. The number of aryl methyl sites for hydroxylation is 4. The smallest absolute Gasteiger partial charge is 0.428 e. The van der Waals surface area contributed by atoms with Gasteiger partial charge in [0, 0.05) is 47.9 Å². The Labute approximate surface area is 888 Å². The lowest BCUT2D eigenvalue weighted by atomic mass is 9.48. The first kappa shape index (κ1) is 117. The average molecular weight is 2190 g/mol. The maximum atomic E-state index is 13.8. The highest BCUT2D eigenvalue weighted by atomic mass is 32.2. The number of halogens is 11. The van der Waals surface area contributed by atoms with Gasteiger partial charge >= 0.3 is 23.6 Å². The summed E-state index contributed by atoms with van der Waals surface area (Å²) in [6.07, 6.45) is 22.5. The summed E-state index contributed by atoms with van der Waals surface area (Å²) < 4.78 is 264. The van der Waals surface area contributed by atoms with Gasteiger partial charge in [-0.1, -0.05) is 183 Å². The molecule has 11 fully saturated rings. The first-order chi connectivity index (χ1) is 70.5. The van der Waals surface area contributed by atoms with Crippen LogP contribution in [0.5, 0.6) is 11.5 Å². The van der Waals surface area contributed by atoms with Crippen molar-refractivity contribution in [2.24, 2.45) is 46.3 Å². The van der Waals surface area contributed by atoms with Crippen LogP contribution in [0, 0.1) is 85.7 Å². The van der Waals surface area contributed by atoms with E-state index in [-0.39, 0.29) is 51.4 Å². The molecule has 30 heteroatoms. The van der Waals surface area contributed by atoms with Crippen LogP contribution in [0.1, 0.15) is 307 Å². The van der Waals surface area contributed by atoms with Crippen molar-refractivity contribution in [2.45, 2.75) is 356 Å². The van der Waals surface area contributed by atoms with Crippen LogP contribution < -0.4 is 9.47 Å². The Balaban J connectivity index is 0.000000143. The number of methoxy groups -OCH3 is 2. The number of ether oxygens (including phenoxy) is 3. The lowest BCUT2D eigenvalue weighted by molar-refractivity contribution is -0.172. The molecule has 8 bridgehead atoms. The topological polar surface area (TPSA) is 216 Å². The van der Waals surface area contributed by atoms with Crippen LogP contribution in [0.3, 0.4) is 0 Å². The third kappa shape index (κ3) is 30.3. The van der Waals surface area contributed by atoms with E-state index in [1.807, 2.05) is 123 Å². The van der Waals surface area contributed by atoms with Gasteiger partial charge in [0.15, 0.2) is 59.7 Å². The second-order valence-corrected chi connectivity index (χ2v) is 55.7. The molecule has 1 atom stereocenters. The number of alkyl halides is 9. The van der Waals surface area contributed by atoms with E-state index in [0.717, 1.165) is 185 Å². The van der Waals surface area contributed by atoms with E-state index in [1.165, 1.54) is 117 Å². The number of rotatable bonds is 23. The number of hydrogen-bond donors (Lipinski definition) is 0. The molecular formula is C120H141F11O13S6.